The van der Waals surface area contributed by atoms with E-state index in [0.717, 1.165) is 51.3 Å². The lowest BCUT2D eigenvalue weighted by Crippen LogP contribution is -2.20. The van der Waals surface area contributed by atoms with Crippen LogP contribution in [0.5, 0.6) is 0 Å². The predicted octanol–water partition coefficient (Wildman–Crippen LogP) is 5.85. The van der Waals surface area contributed by atoms with Crippen LogP contribution in [0.3, 0.4) is 0 Å². The Morgan fingerprint density at radius 1 is 1.03 bits per heavy atom. The van der Waals surface area contributed by atoms with Gasteiger partial charge in [-0.05, 0) is 43.5 Å². The minimum Gasteiger partial charge on any atom is -0.267 e. The quantitative estimate of drug-likeness (QED) is 0.440. The van der Waals surface area contributed by atoms with Gasteiger partial charge in [0.2, 0.25) is 0 Å². The first-order chi connectivity index (χ1) is 14.1. The van der Waals surface area contributed by atoms with E-state index in [1.165, 1.54) is 0 Å². The number of rotatable bonds is 4. The Labute approximate surface area is 174 Å². The Kier molecular flexibility index (Phi) is 5.54. The minimum absolute atomic E-state index is 0.259. The monoisotopic (exact) mass is 401 g/mol. The van der Waals surface area contributed by atoms with Crippen molar-refractivity contribution in [2.75, 3.05) is 0 Å². The second-order valence-electron chi connectivity index (χ2n) is 6.88. The lowest BCUT2D eigenvalue weighted by Gasteiger charge is -2.12. The summed E-state index contributed by atoms with van der Waals surface area (Å²) in [5.74, 6) is -0.259. The molecule has 0 unspecified atom stereocenters. The van der Waals surface area contributed by atoms with Gasteiger partial charge in [0.25, 0.3) is 5.91 Å². The molecule has 144 valence electrons. The summed E-state index contributed by atoms with van der Waals surface area (Å²) >= 11 is 6.02. The molecule has 0 radical (unpaired) electrons. The number of carbonyl (C=O) groups excluding carboxylic acids is 1. The SMILES string of the molecule is CC(=NNC(=O)c1cc(-c2ccccc2)nc2ccccc12)C1=CC=C(Cl)CC1. The second-order valence-corrected chi connectivity index (χ2v) is 7.37. The third-order valence-corrected chi connectivity index (χ3v) is 5.23. The van der Waals surface area contributed by atoms with Crippen molar-refractivity contribution in [2.45, 2.75) is 19.8 Å². The summed E-state index contributed by atoms with van der Waals surface area (Å²) in [4.78, 5) is 17.7. The van der Waals surface area contributed by atoms with E-state index in [4.69, 9.17) is 16.6 Å². The standard InChI is InChI=1S/C24H20ClN3O/c1-16(17-11-13-19(25)14-12-17)27-28-24(29)21-15-23(18-7-3-2-4-8-18)26-22-10-6-5-9-20(21)22/h2-11,13,15H,12,14H2,1H3,(H,28,29). The van der Waals surface area contributed by atoms with Gasteiger partial charge in [-0.1, -0.05) is 66.2 Å². The van der Waals surface area contributed by atoms with E-state index >= 15 is 0 Å². The van der Waals surface area contributed by atoms with E-state index in [2.05, 4.69) is 10.5 Å². The van der Waals surface area contributed by atoms with Crippen LogP contribution in [-0.4, -0.2) is 16.6 Å². The maximum absolute atomic E-state index is 13.0. The van der Waals surface area contributed by atoms with Crippen LogP contribution >= 0.6 is 11.6 Å². The zero-order valence-corrected chi connectivity index (χ0v) is 16.8. The summed E-state index contributed by atoms with van der Waals surface area (Å²) in [7, 11) is 0. The molecular formula is C24H20ClN3O. The van der Waals surface area contributed by atoms with Gasteiger partial charge in [0, 0.05) is 16.0 Å². The van der Waals surface area contributed by atoms with Crippen molar-refractivity contribution in [1.29, 1.82) is 0 Å². The van der Waals surface area contributed by atoms with E-state index in [-0.39, 0.29) is 5.91 Å². The zero-order valence-electron chi connectivity index (χ0n) is 16.0. The van der Waals surface area contributed by atoms with Crippen LogP contribution in [0, 0.1) is 0 Å². The molecule has 2 aromatic carbocycles. The molecule has 1 amide bonds. The topological polar surface area (TPSA) is 54.4 Å². The highest BCUT2D eigenvalue weighted by molar-refractivity contribution is 6.29. The van der Waals surface area contributed by atoms with Crippen molar-refractivity contribution >= 4 is 34.1 Å². The highest BCUT2D eigenvalue weighted by Gasteiger charge is 2.14. The number of hydrazone groups is 1. The Hall–Kier alpha value is -3.24. The van der Waals surface area contributed by atoms with Crippen molar-refractivity contribution in [2.24, 2.45) is 5.10 Å². The van der Waals surface area contributed by atoms with Crippen molar-refractivity contribution in [3.63, 3.8) is 0 Å². The summed E-state index contributed by atoms with van der Waals surface area (Å²) in [6.45, 7) is 1.89. The second kappa shape index (κ2) is 8.41. The average molecular weight is 402 g/mol. The fourth-order valence-electron chi connectivity index (χ4n) is 3.30. The molecule has 1 aliphatic carbocycles. The van der Waals surface area contributed by atoms with Gasteiger partial charge in [0.15, 0.2) is 0 Å². The van der Waals surface area contributed by atoms with Gasteiger partial charge in [0.05, 0.1) is 22.5 Å². The summed E-state index contributed by atoms with van der Waals surface area (Å²) in [5.41, 5.74) is 7.59. The maximum atomic E-state index is 13.0. The molecule has 0 fully saturated rings. The largest absolute Gasteiger partial charge is 0.272 e. The molecule has 3 aromatic rings. The number of fused-ring (bicyclic) bond motifs is 1. The number of nitrogens with one attached hydrogen (secondary N) is 1. The Morgan fingerprint density at radius 3 is 2.55 bits per heavy atom. The molecule has 29 heavy (non-hydrogen) atoms. The number of amides is 1. The van der Waals surface area contributed by atoms with E-state index in [1.807, 2.05) is 79.7 Å². The number of nitrogens with zero attached hydrogens (tertiary/aromatic N) is 2. The number of hydrogen-bond donors (Lipinski definition) is 1. The Balaban J connectivity index is 1.67. The van der Waals surface area contributed by atoms with Gasteiger partial charge in [-0.25, -0.2) is 10.4 Å². The van der Waals surface area contributed by atoms with Crippen LogP contribution in [0.4, 0.5) is 0 Å². The summed E-state index contributed by atoms with van der Waals surface area (Å²) in [6.07, 6.45) is 5.44. The molecule has 0 aliphatic heterocycles. The molecule has 1 N–H and O–H groups in total. The third kappa shape index (κ3) is 4.28. The number of allylic oxidation sites excluding steroid dienone is 4. The Bertz CT molecular complexity index is 1160. The lowest BCUT2D eigenvalue weighted by atomic mass is 10.0. The number of aromatic nitrogens is 1. The molecular weight excluding hydrogens is 382 g/mol. The molecule has 0 saturated heterocycles. The molecule has 1 aromatic heterocycles. The highest BCUT2D eigenvalue weighted by atomic mass is 35.5. The first-order valence-electron chi connectivity index (χ1n) is 9.47. The molecule has 0 atom stereocenters. The van der Waals surface area contributed by atoms with Crippen LogP contribution in [0.1, 0.15) is 30.1 Å². The maximum Gasteiger partial charge on any atom is 0.272 e. The third-order valence-electron chi connectivity index (χ3n) is 4.92. The number of halogens is 1. The first kappa shape index (κ1) is 19.1. The predicted molar refractivity (Wildman–Crippen MR) is 119 cm³/mol. The van der Waals surface area contributed by atoms with Gasteiger partial charge in [-0.2, -0.15) is 5.10 Å². The van der Waals surface area contributed by atoms with Crippen molar-refractivity contribution in [3.05, 3.63) is 89.0 Å². The number of hydrogen-bond acceptors (Lipinski definition) is 3. The lowest BCUT2D eigenvalue weighted by molar-refractivity contribution is 0.0956. The molecule has 5 heteroatoms. The number of para-hydroxylation sites is 1. The average Bonchev–Trinajstić information content (AvgIpc) is 2.77. The van der Waals surface area contributed by atoms with Crippen molar-refractivity contribution < 1.29 is 4.79 Å². The number of pyridine rings is 1. The van der Waals surface area contributed by atoms with Gasteiger partial charge in [0.1, 0.15) is 0 Å². The van der Waals surface area contributed by atoms with Crippen LogP contribution in [0.25, 0.3) is 22.2 Å². The van der Waals surface area contributed by atoms with Crippen molar-refractivity contribution in [1.82, 2.24) is 10.4 Å². The first-order valence-corrected chi connectivity index (χ1v) is 9.85. The summed E-state index contributed by atoms with van der Waals surface area (Å²) in [6, 6.07) is 19.3. The number of carbonyl (C=O) groups is 1. The van der Waals surface area contributed by atoms with Gasteiger partial charge >= 0.3 is 0 Å². The van der Waals surface area contributed by atoms with Crippen LogP contribution in [-0.2, 0) is 0 Å². The highest BCUT2D eigenvalue weighted by Crippen LogP contribution is 2.25. The van der Waals surface area contributed by atoms with Gasteiger partial charge < -0.3 is 0 Å². The fourth-order valence-corrected chi connectivity index (χ4v) is 3.46. The smallest absolute Gasteiger partial charge is 0.267 e. The van der Waals surface area contributed by atoms with E-state index in [0.29, 0.717) is 5.56 Å². The molecule has 1 aliphatic rings. The number of benzene rings is 2. The van der Waals surface area contributed by atoms with Crippen LogP contribution in [0.15, 0.2) is 88.5 Å². The Morgan fingerprint density at radius 2 is 1.79 bits per heavy atom. The van der Waals surface area contributed by atoms with E-state index < -0.39 is 0 Å². The molecule has 4 rings (SSSR count). The normalized spacial score (nSPS) is 14.3. The molecule has 0 spiro atoms. The summed E-state index contributed by atoms with van der Waals surface area (Å²) in [5, 5.41) is 5.95. The van der Waals surface area contributed by atoms with E-state index in [1.54, 1.807) is 0 Å². The minimum atomic E-state index is -0.259. The van der Waals surface area contributed by atoms with Gasteiger partial charge in [-0.15, -0.1) is 0 Å². The summed E-state index contributed by atoms with van der Waals surface area (Å²) < 4.78 is 0. The molecule has 0 bridgehead atoms. The fraction of sp³-hybridized carbons (Fsp3) is 0.125. The zero-order chi connectivity index (χ0) is 20.2. The van der Waals surface area contributed by atoms with Crippen molar-refractivity contribution in [3.8, 4) is 11.3 Å². The van der Waals surface area contributed by atoms with Crippen LogP contribution in [0.2, 0.25) is 0 Å². The van der Waals surface area contributed by atoms with Crippen LogP contribution < -0.4 is 5.43 Å². The van der Waals surface area contributed by atoms with E-state index in [9.17, 15) is 4.79 Å². The molecule has 1 heterocycles. The molecule has 0 saturated carbocycles. The van der Waals surface area contributed by atoms with Gasteiger partial charge in [-0.3, -0.25) is 4.79 Å². The molecule has 4 nitrogen and oxygen atoms in total.